The Labute approximate surface area is 196 Å². The first kappa shape index (κ1) is 24.9. The van der Waals surface area contributed by atoms with E-state index in [1.165, 1.54) is 4.31 Å². The van der Waals surface area contributed by atoms with Gasteiger partial charge in [0.1, 0.15) is 6.04 Å². The molecule has 0 saturated carbocycles. The lowest BCUT2D eigenvalue weighted by Gasteiger charge is -2.36. The molecule has 0 bridgehead atoms. The fourth-order valence-corrected chi connectivity index (χ4v) is 5.53. The molecule has 0 N–H and O–H groups in total. The third-order valence-electron chi connectivity index (χ3n) is 5.74. The van der Waals surface area contributed by atoms with Gasteiger partial charge < -0.3 is 9.64 Å². The predicted octanol–water partition coefficient (Wildman–Crippen LogP) is 3.52. The summed E-state index contributed by atoms with van der Waals surface area (Å²) < 4.78 is 32.7. The summed E-state index contributed by atoms with van der Waals surface area (Å²) in [5, 5.41) is 0. The zero-order valence-electron chi connectivity index (χ0n) is 19.7. The Bertz CT molecular complexity index is 1080. The third kappa shape index (κ3) is 6.00. The van der Waals surface area contributed by atoms with Crippen LogP contribution in [-0.2, 0) is 30.9 Å². The van der Waals surface area contributed by atoms with E-state index in [0.29, 0.717) is 19.4 Å². The van der Waals surface area contributed by atoms with Crippen LogP contribution >= 0.6 is 0 Å². The van der Waals surface area contributed by atoms with Crippen molar-refractivity contribution >= 4 is 21.9 Å². The van der Waals surface area contributed by atoms with Crippen molar-refractivity contribution in [3.8, 4) is 0 Å². The second-order valence-electron chi connectivity index (χ2n) is 9.33. The van der Waals surface area contributed by atoms with Gasteiger partial charge in [0.2, 0.25) is 10.0 Å². The zero-order valence-corrected chi connectivity index (χ0v) is 20.5. The van der Waals surface area contributed by atoms with Crippen LogP contribution in [-0.4, -0.2) is 54.2 Å². The molecule has 1 saturated heterocycles. The van der Waals surface area contributed by atoms with E-state index in [4.69, 9.17) is 4.74 Å². The van der Waals surface area contributed by atoms with Gasteiger partial charge in [0.15, 0.2) is 6.61 Å². The van der Waals surface area contributed by atoms with E-state index in [1.807, 2.05) is 58.0 Å². The van der Waals surface area contributed by atoms with Gasteiger partial charge in [-0.15, -0.1) is 0 Å². The largest absolute Gasteiger partial charge is 0.454 e. The average Bonchev–Trinajstić information content (AvgIpc) is 3.27. The maximum absolute atomic E-state index is 13.1. The summed E-state index contributed by atoms with van der Waals surface area (Å²) in [4.78, 5) is 27.6. The SMILES string of the molecule is Cc1ccc(S(=O)(=O)N2CCC[C@H]2C(=O)OCC(=O)N(Cc2ccccc2)C(C)(C)C)cc1. The Balaban J connectivity index is 1.68. The molecule has 1 fully saturated rings. The van der Waals surface area contributed by atoms with E-state index in [-0.39, 0.29) is 17.3 Å². The van der Waals surface area contributed by atoms with Crippen molar-refractivity contribution < 1.29 is 22.7 Å². The number of hydrogen-bond acceptors (Lipinski definition) is 5. The molecule has 0 aliphatic carbocycles. The smallest absolute Gasteiger partial charge is 0.324 e. The molecule has 0 radical (unpaired) electrons. The van der Waals surface area contributed by atoms with Crippen molar-refractivity contribution in [3.05, 3.63) is 65.7 Å². The summed E-state index contributed by atoms with van der Waals surface area (Å²) in [6.07, 6.45) is 0.923. The highest BCUT2D eigenvalue weighted by Crippen LogP contribution is 2.27. The first-order valence-electron chi connectivity index (χ1n) is 11.1. The lowest BCUT2D eigenvalue weighted by molar-refractivity contribution is -0.157. The van der Waals surface area contributed by atoms with Gasteiger partial charge in [0, 0.05) is 18.6 Å². The predicted molar refractivity (Wildman–Crippen MR) is 126 cm³/mol. The number of hydrogen-bond donors (Lipinski definition) is 0. The minimum Gasteiger partial charge on any atom is -0.454 e. The van der Waals surface area contributed by atoms with Crippen molar-refractivity contribution in [1.82, 2.24) is 9.21 Å². The number of nitrogens with zero attached hydrogens (tertiary/aromatic N) is 2. The van der Waals surface area contributed by atoms with Crippen molar-refractivity contribution in [2.24, 2.45) is 0 Å². The monoisotopic (exact) mass is 472 g/mol. The van der Waals surface area contributed by atoms with Gasteiger partial charge in [0.05, 0.1) is 4.90 Å². The molecule has 1 amide bonds. The van der Waals surface area contributed by atoms with Crippen LogP contribution in [0.1, 0.15) is 44.7 Å². The van der Waals surface area contributed by atoms with Crippen molar-refractivity contribution in [2.45, 2.75) is 63.6 Å². The summed E-state index contributed by atoms with van der Waals surface area (Å²) >= 11 is 0. The normalized spacial score (nSPS) is 17.0. The number of carbonyl (C=O) groups is 2. The molecule has 1 aliphatic rings. The molecule has 7 nitrogen and oxygen atoms in total. The van der Waals surface area contributed by atoms with E-state index >= 15 is 0 Å². The average molecular weight is 473 g/mol. The van der Waals surface area contributed by atoms with Crippen LogP contribution in [0, 0.1) is 6.92 Å². The van der Waals surface area contributed by atoms with Crippen molar-refractivity contribution in [3.63, 3.8) is 0 Å². The second-order valence-corrected chi connectivity index (χ2v) is 11.2. The molecule has 8 heteroatoms. The maximum Gasteiger partial charge on any atom is 0.324 e. The maximum atomic E-state index is 13.1. The number of benzene rings is 2. The second kappa shape index (κ2) is 10.1. The van der Waals surface area contributed by atoms with Gasteiger partial charge >= 0.3 is 5.97 Å². The summed E-state index contributed by atoms with van der Waals surface area (Å²) in [5.41, 5.74) is 1.44. The lowest BCUT2D eigenvalue weighted by Crippen LogP contribution is -2.48. The van der Waals surface area contributed by atoms with Crippen molar-refractivity contribution in [2.75, 3.05) is 13.2 Å². The molecule has 2 aromatic rings. The van der Waals surface area contributed by atoms with E-state index in [1.54, 1.807) is 29.2 Å². The van der Waals surface area contributed by atoms with E-state index in [0.717, 1.165) is 11.1 Å². The number of carbonyl (C=O) groups excluding carboxylic acids is 2. The van der Waals surface area contributed by atoms with Crippen LogP contribution in [0.25, 0.3) is 0 Å². The van der Waals surface area contributed by atoms with Gasteiger partial charge in [-0.25, -0.2) is 8.42 Å². The minimum absolute atomic E-state index is 0.144. The van der Waals surface area contributed by atoms with E-state index < -0.39 is 34.2 Å². The number of esters is 1. The van der Waals surface area contributed by atoms with Crippen LogP contribution in [0.2, 0.25) is 0 Å². The molecule has 3 rings (SSSR count). The fourth-order valence-electron chi connectivity index (χ4n) is 3.88. The van der Waals surface area contributed by atoms with Crippen LogP contribution in [0.15, 0.2) is 59.5 Å². The summed E-state index contributed by atoms with van der Waals surface area (Å²) in [6.45, 7) is 7.83. The van der Waals surface area contributed by atoms with Crippen molar-refractivity contribution in [1.29, 1.82) is 0 Å². The first-order valence-corrected chi connectivity index (χ1v) is 12.5. The minimum atomic E-state index is -3.83. The molecule has 0 spiro atoms. The fraction of sp³-hybridized carbons (Fsp3) is 0.440. The Morgan fingerprint density at radius 2 is 1.70 bits per heavy atom. The molecule has 178 valence electrons. The van der Waals surface area contributed by atoms with Gasteiger partial charge in [-0.2, -0.15) is 4.31 Å². The highest BCUT2D eigenvalue weighted by molar-refractivity contribution is 7.89. The van der Waals surface area contributed by atoms with Crippen LogP contribution < -0.4 is 0 Å². The molecule has 33 heavy (non-hydrogen) atoms. The Morgan fingerprint density at radius 1 is 1.06 bits per heavy atom. The van der Waals surface area contributed by atoms with Crippen LogP contribution in [0.3, 0.4) is 0 Å². The molecule has 1 aliphatic heterocycles. The highest BCUT2D eigenvalue weighted by atomic mass is 32.2. The Morgan fingerprint density at radius 3 is 2.30 bits per heavy atom. The first-order chi connectivity index (χ1) is 15.5. The number of rotatable bonds is 7. The van der Waals surface area contributed by atoms with E-state index in [2.05, 4.69) is 0 Å². The van der Waals surface area contributed by atoms with Gasteiger partial charge in [-0.1, -0.05) is 48.0 Å². The van der Waals surface area contributed by atoms with Gasteiger partial charge in [-0.3, -0.25) is 9.59 Å². The number of aryl methyl sites for hydroxylation is 1. The number of amides is 1. The summed E-state index contributed by atoms with van der Waals surface area (Å²) in [5.74, 6) is -1.02. The standard InChI is InChI=1S/C25H32N2O5S/c1-19-12-14-21(15-13-19)33(30,31)27-16-8-11-22(27)24(29)32-18-23(28)26(25(2,3)4)17-20-9-6-5-7-10-20/h5-7,9-10,12-15,22H,8,11,16-18H2,1-4H3/t22-/m0/s1. The molecule has 1 atom stereocenters. The van der Waals surface area contributed by atoms with Crippen LogP contribution in [0.5, 0.6) is 0 Å². The van der Waals surface area contributed by atoms with Gasteiger partial charge in [0.25, 0.3) is 5.91 Å². The molecule has 0 unspecified atom stereocenters. The summed E-state index contributed by atoms with van der Waals surface area (Å²) in [6, 6.07) is 15.2. The quantitative estimate of drug-likeness (QED) is 0.576. The Hall–Kier alpha value is -2.71. The molecular formula is C25H32N2O5S. The topological polar surface area (TPSA) is 84.0 Å². The molecule has 0 aromatic heterocycles. The van der Waals surface area contributed by atoms with Crippen LogP contribution in [0.4, 0.5) is 0 Å². The number of sulfonamides is 1. The molecule has 2 aromatic carbocycles. The number of ether oxygens (including phenoxy) is 1. The lowest BCUT2D eigenvalue weighted by atomic mass is 10.0. The van der Waals surface area contributed by atoms with E-state index in [9.17, 15) is 18.0 Å². The van der Waals surface area contributed by atoms with Gasteiger partial charge in [-0.05, 0) is 58.2 Å². The molecule has 1 heterocycles. The molecular weight excluding hydrogens is 440 g/mol. The Kier molecular flexibility index (Phi) is 7.59. The zero-order chi connectivity index (χ0) is 24.2. The summed E-state index contributed by atoms with van der Waals surface area (Å²) in [7, 11) is -3.83. The third-order valence-corrected chi connectivity index (χ3v) is 7.66. The highest BCUT2D eigenvalue weighted by Gasteiger charge is 2.41.